The molecular formula is C25H29N3O4S. The lowest BCUT2D eigenvalue weighted by Crippen LogP contribution is -2.37. The average molecular weight is 468 g/mol. The predicted molar refractivity (Wildman–Crippen MR) is 129 cm³/mol. The first kappa shape index (κ1) is 23.2. The number of hydrogen-bond acceptors (Lipinski definition) is 5. The molecule has 8 heteroatoms. The van der Waals surface area contributed by atoms with Crippen molar-refractivity contribution in [2.75, 3.05) is 44.4 Å². The molecular weight excluding hydrogens is 438 g/mol. The Morgan fingerprint density at radius 2 is 1.79 bits per heavy atom. The largest absolute Gasteiger partial charge is 0.497 e. The predicted octanol–water partition coefficient (Wildman–Crippen LogP) is 3.44. The summed E-state index contributed by atoms with van der Waals surface area (Å²) in [4.78, 5) is 42.5. The van der Waals surface area contributed by atoms with Crippen LogP contribution < -0.4 is 10.1 Å². The average Bonchev–Trinajstić information content (AvgIpc) is 3.19. The number of methoxy groups -OCH3 is 1. The molecule has 1 saturated heterocycles. The molecule has 0 radical (unpaired) electrons. The van der Waals surface area contributed by atoms with Gasteiger partial charge >= 0.3 is 0 Å². The number of aryl methyl sites for hydroxylation is 1. The smallest absolute Gasteiger partial charge is 0.253 e. The van der Waals surface area contributed by atoms with Crippen LogP contribution in [0.3, 0.4) is 0 Å². The highest BCUT2D eigenvalue weighted by molar-refractivity contribution is 7.99. The second-order valence-electron chi connectivity index (χ2n) is 8.23. The van der Waals surface area contributed by atoms with Crippen molar-refractivity contribution in [3.8, 4) is 5.75 Å². The van der Waals surface area contributed by atoms with E-state index >= 15 is 0 Å². The van der Waals surface area contributed by atoms with E-state index in [4.69, 9.17) is 4.74 Å². The molecule has 0 aliphatic carbocycles. The van der Waals surface area contributed by atoms with Crippen molar-refractivity contribution in [3.63, 3.8) is 0 Å². The Hall–Kier alpha value is -3.00. The summed E-state index contributed by atoms with van der Waals surface area (Å²) in [5, 5.41) is 2.90. The van der Waals surface area contributed by atoms with Gasteiger partial charge in [-0.25, -0.2) is 0 Å². The molecule has 0 saturated carbocycles. The second-order valence-corrected chi connectivity index (χ2v) is 9.37. The molecule has 7 nitrogen and oxygen atoms in total. The first-order valence-corrected chi connectivity index (χ1v) is 12.3. The van der Waals surface area contributed by atoms with Gasteiger partial charge in [0.2, 0.25) is 11.8 Å². The van der Waals surface area contributed by atoms with Gasteiger partial charge in [0.1, 0.15) is 5.75 Å². The van der Waals surface area contributed by atoms with E-state index in [0.29, 0.717) is 56.7 Å². The zero-order chi connectivity index (χ0) is 23.2. The lowest BCUT2D eigenvalue weighted by molar-refractivity contribution is -0.131. The summed E-state index contributed by atoms with van der Waals surface area (Å²) < 4.78 is 5.18. The third kappa shape index (κ3) is 5.87. The third-order valence-corrected chi connectivity index (χ3v) is 7.08. The number of carbonyl (C=O) groups excluding carboxylic acids is 3. The van der Waals surface area contributed by atoms with Gasteiger partial charge in [0, 0.05) is 55.2 Å². The molecule has 4 rings (SSSR count). The highest BCUT2D eigenvalue weighted by Gasteiger charge is 2.24. The van der Waals surface area contributed by atoms with E-state index in [0.717, 1.165) is 28.4 Å². The number of fused-ring (bicyclic) bond motifs is 1. The highest BCUT2D eigenvalue weighted by atomic mass is 32.2. The van der Waals surface area contributed by atoms with Gasteiger partial charge in [-0.2, -0.15) is 0 Å². The molecule has 0 atom stereocenters. The van der Waals surface area contributed by atoms with E-state index in [9.17, 15) is 14.4 Å². The standard InChI is InChI=1S/C25H29N3O4S/c1-32-20-7-3-18(4-8-20)5-10-24(30)27-12-2-13-28(15-14-27)25(31)19-6-9-22-21(17-19)26-23(29)11-16-33-22/h3-4,6-9,17H,2,5,10-16H2,1H3,(H,26,29). The number of hydrogen-bond donors (Lipinski definition) is 1. The fourth-order valence-electron chi connectivity index (χ4n) is 4.11. The maximum atomic E-state index is 13.1. The molecule has 0 aromatic heterocycles. The summed E-state index contributed by atoms with van der Waals surface area (Å²) >= 11 is 1.62. The van der Waals surface area contributed by atoms with E-state index < -0.39 is 0 Å². The number of ether oxygens (including phenoxy) is 1. The minimum Gasteiger partial charge on any atom is -0.497 e. The summed E-state index contributed by atoms with van der Waals surface area (Å²) in [6.45, 7) is 2.30. The molecule has 33 heavy (non-hydrogen) atoms. The molecule has 2 heterocycles. The normalized spacial score (nSPS) is 16.3. The van der Waals surface area contributed by atoms with Gasteiger partial charge in [0.15, 0.2) is 0 Å². The van der Waals surface area contributed by atoms with Crippen LogP contribution in [-0.2, 0) is 16.0 Å². The molecule has 3 amide bonds. The second kappa shape index (κ2) is 10.7. The van der Waals surface area contributed by atoms with Crippen molar-refractivity contribution < 1.29 is 19.1 Å². The van der Waals surface area contributed by atoms with Crippen molar-refractivity contribution in [2.24, 2.45) is 0 Å². The lowest BCUT2D eigenvalue weighted by atomic mass is 10.1. The Morgan fingerprint density at radius 1 is 1.03 bits per heavy atom. The minimum absolute atomic E-state index is 0.0237. The van der Waals surface area contributed by atoms with Crippen LogP contribution in [-0.4, -0.2) is 66.6 Å². The zero-order valence-electron chi connectivity index (χ0n) is 18.8. The summed E-state index contributed by atoms with van der Waals surface area (Å²) in [6.07, 6.45) is 2.35. The Morgan fingerprint density at radius 3 is 2.58 bits per heavy atom. The van der Waals surface area contributed by atoms with Gasteiger partial charge < -0.3 is 19.9 Å². The number of nitrogens with one attached hydrogen (secondary N) is 1. The Balaban J connectivity index is 1.33. The van der Waals surface area contributed by atoms with Crippen LogP contribution in [0.2, 0.25) is 0 Å². The molecule has 1 N–H and O–H groups in total. The molecule has 2 aromatic carbocycles. The first-order valence-electron chi connectivity index (χ1n) is 11.3. The molecule has 2 aliphatic heterocycles. The fourth-order valence-corrected chi connectivity index (χ4v) is 5.04. The van der Waals surface area contributed by atoms with Gasteiger partial charge in [-0.1, -0.05) is 12.1 Å². The maximum absolute atomic E-state index is 13.1. The number of nitrogens with zero attached hydrogens (tertiary/aromatic N) is 2. The van der Waals surface area contributed by atoms with Crippen molar-refractivity contribution in [1.29, 1.82) is 0 Å². The van der Waals surface area contributed by atoms with Gasteiger partial charge in [0.05, 0.1) is 12.8 Å². The van der Waals surface area contributed by atoms with Crippen LogP contribution in [0, 0.1) is 0 Å². The van der Waals surface area contributed by atoms with Gasteiger partial charge in [-0.05, 0) is 48.7 Å². The van der Waals surface area contributed by atoms with Crippen LogP contribution in [0.25, 0.3) is 0 Å². The zero-order valence-corrected chi connectivity index (χ0v) is 19.7. The van der Waals surface area contributed by atoms with Crippen LogP contribution in [0.15, 0.2) is 47.4 Å². The van der Waals surface area contributed by atoms with Crippen molar-refractivity contribution >= 4 is 35.2 Å². The molecule has 174 valence electrons. The van der Waals surface area contributed by atoms with Crippen LogP contribution in [0.4, 0.5) is 5.69 Å². The third-order valence-electron chi connectivity index (χ3n) is 6.01. The fraction of sp³-hybridized carbons (Fsp3) is 0.400. The molecule has 0 bridgehead atoms. The Labute approximate surface area is 198 Å². The van der Waals surface area contributed by atoms with Crippen LogP contribution in [0.1, 0.15) is 35.2 Å². The van der Waals surface area contributed by atoms with E-state index in [2.05, 4.69) is 5.32 Å². The van der Waals surface area contributed by atoms with E-state index in [-0.39, 0.29) is 17.7 Å². The van der Waals surface area contributed by atoms with Crippen LogP contribution in [0.5, 0.6) is 5.75 Å². The molecule has 0 unspecified atom stereocenters. The molecule has 2 aromatic rings. The van der Waals surface area contributed by atoms with Crippen molar-refractivity contribution in [3.05, 3.63) is 53.6 Å². The number of anilines is 1. The van der Waals surface area contributed by atoms with E-state index in [1.807, 2.05) is 46.2 Å². The Bertz CT molecular complexity index is 1020. The van der Waals surface area contributed by atoms with Crippen molar-refractivity contribution in [2.45, 2.75) is 30.6 Å². The summed E-state index contributed by atoms with van der Waals surface area (Å²) in [7, 11) is 1.63. The number of carbonyl (C=O) groups is 3. The molecule has 2 aliphatic rings. The van der Waals surface area contributed by atoms with Gasteiger partial charge in [-0.15, -0.1) is 11.8 Å². The summed E-state index contributed by atoms with van der Waals surface area (Å²) in [5.41, 5.74) is 2.37. The van der Waals surface area contributed by atoms with E-state index in [1.54, 1.807) is 24.9 Å². The van der Waals surface area contributed by atoms with Gasteiger partial charge in [-0.3, -0.25) is 14.4 Å². The number of thioether (sulfide) groups is 1. The summed E-state index contributed by atoms with van der Waals surface area (Å²) in [6, 6.07) is 13.3. The van der Waals surface area contributed by atoms with Crippen molar-refractivity contribution in [1.82, 2.24) is 9.80 Å². The number of rotatable bonds is 5. The SMILES string of the molecule is COc1ccc(CCC(=O)N2CCCN(C(=O)c3ccc4c(c3)NC(=O)CCS4)CC2)cc1. The lowest BCUT2D eigenvalue weighted by Gasteiger charge is -2.23. The molecule has 1 fully saturated rings. The Kier molecular flexibility index (Phi) is 7.54. The number of benzene rings is 2. The first-order chi connectivity index (χ1) is 16.0. The van der Waals surface area contributed by atoms with E-state index in [1.165, 1.54) is 0 Å². The minimum atomic E-state index is -0.0613. The quantitative estimate of drug-likeness (QED) is 0.729. The maximum Gasteiger partial charge on any atom is 0.253 e. The summed E-state index contributed by atoms with van der Waals surface area (Å²) in [5.74, 6) is 1.57. The number of amides is 3. The highest BCUT2D eigenvalue weighted by Crippen LogP contribution is 2.32. The van der Waals surface area contributed by atoms with Crippen LogP contribution >= 0.6 is 11.8 Å². The molecule has 0 spiro atoms. The topological polar surface area (TPSA) is 79.0 Å². The van der Waals surface area contributed by atoms with Gasteiger partial charge in [0.25, 0.3) is 5.91 Å². The monoisotopic (exact) mass is 467 g/mol.